The van der Waals surface area contributed by atoms with E-state index < -0.39 is 0 Å². The van der Waals surface area contributed by atoms with Crippen LogP contribution in [0.1, 0.15) is 21.9 Å². The first-order valence-corrected chi connectivity index (χ1v) is 8.57. The third kappa shape index (κ3) is 4.92. The summed E-state index contributed by atoms with van der Waals surface area (Å²) in [5, 5.41) is 6.39. The van der Waals surface area contributed by atoms with Crippen LogP contribution in [0.2, 0.25) is 5.02 Å². The molecule has 138 valence electrons. The molecule has 2 heterocycles. The van der Waals surface area contributed by atoms with E-state index in [1.807, 2.05) is 18.2 Å². The number of carbonyl (C=O) groups excluding carboxylic acids is 1. The number of nitrogens with one attached hydrogen (secondary N) is 2. The standard InChI is InChI=1S/C19H18ClN5O2/c1-12-9-16(18(26)22-11-14-5-3-4-8-21-14)25-19(23-12)24-15-10-13(20)6-7-17(15)27-2/h3-10H,11H2,1-2H3,(H,22,26)(H,23,24,25). The van der Waals surface area contributed by atoms with Crippen molar-refractivity contribution in [1.82, 2.24) is 20.3 Å². The number of hydrogen-bond donors (Lipinski definition) is 2. The number of aromatic nitrogens is 3. The Kier molecular flexibility index (Phi) is 5.83. The summed E-state index contributed by atoms with van der Waals surface area (Å²) in [5.41, 5.74) is 2.27. The highest BCUT2D eigenvalue weighted by Crippen LogP contribution is 2.29. The first-order chi connectivity index (χ1) is 13.0. The van der Waals surface area contributed by atoms with E-state index in [9.17, 15) is 4.79 Å². The molecule has 0 fully saturated rings. The van der Waals surface area contributed by atoms with Crippen molar-refractivity contribution in [3.05, 3.63) is 70.8 Å². The fourth-order valence-electron chi connectivity index (χ4n) is 2.40. The van der Waals surface area contributed by atoms with Gasteiger partial charge in [0.15, 0.2) is 0 Å². The van der Waals surface area contributed by atoms with Gasteiger partial charge in [0, 0.05) is 16.9 Å². The van der Waals surface area contributed by atoms with Crippen molar-refractivity contribution in [2.75, 3.05) is 12.4 Å². The van der Waals surface area contributed by atoms with Crippen molar-refractivity contribution in [2.45, 2.75) is 13.5 Å². The quantitative estimate of drug-likeness (QED) is 0.677. The first-order valence-electron chi connectivity index (χ1n) is 8.19. The molecule has 0 unspecified atom stereocenters. The van der Waals surface area contributed by atoms with Crippen LogP contribution in [-0.4, -0.2) is 28.0 Å². The van der Waals surface area contributed by atoms with Gasteiger partial charge in [-0.1, -0.05) is 17.7 Å². The molecule has 7 nitrogen and oxygen atoms in total. The zero-order valence-electron chi connectivity index (χ0n) is 14.9. The number of pyridine rings is 1. The molecule has 27 heavy (non-hydrogen) atoms. The van der Waals surface area contributed by atoms with E-state index in [0.29, 0.717) is 28.7 Å². The lowest BCUT2D eigenvalue weighted by atomic mass is 10.3. The van der Waals surface area contributed by atoms with Crippen LogP contribution in [0, 0.1) is 6.92 Å². The van der Waals surface area contributed by atoms with E-state index in [1.54, 1.807) is 44.5 Å². The molecule has 3 aromatic rings. The molecule has 0 aliphatic rings. The normalized spacial score (nSPS) is 10.3. The molecule has 8 heteroatoms. The maximum atomic E-state index is 12.4. The van der Waals surface area contributed by atoms with Gasteiger partial charge in [-0.3, -0.25) is 9.78 Å². The van der Waals surface area contributed by atoms with E-state index in [1.165, 1.54) is 0 Å². The Morgan fingerprint density at radius 2 is 2.04 bits per heavy atom. The van der Waals surface area contributed by atoms with Gasteiger partial charge in [0.25, 0.3) is 5.91 Å². The second-order valence-electron chi connectivity index (χ2n) is 5.69. The number of methoxy groups -OCH3 is 1. The van der Waals surface area contributed by atoms with Gasteiger partial charge >= 0.3 is 0 Å². The second kappa shape index (κ2) is 8.46. The maximum Gasteiger partial charge on any atom is 0.270 e. The fraction of sp³-hybridized carbons (Fsp3) is 0.158. The van der Waals surface area contributed by atoms with Crippen molar-refractivity contribution < 1.29 is 9.53 Å². The monoisotopic (exact) mass is 383 g/mol. The summed E-state index contributed by atoms with van der Waals surface area (Å²) in [7, 11) is 1.56. The van der Waals surface area contributed by atoms with Gasteiger partial charge < -0.3 is 15.4 Å². The second-order valence-corrected chi connectivity index (χ2v) is 6.13. The van der Waals surface area contributed by atoms with Crippen molar-refractivity contribution in [3.63, 3.8) is 0 Å². The van der Waals surface area contributed by atoms with Crippen molar-refractivity contribution in [3.8, 4) is 5.75 Å². The number of ether oxygens (including phenoxy) is 1. The van der Waals surface area contributed by atoms with Crippen LogP contribution in [-0.2, 0) is 6.54 Å². The van der Waals surface area contributed by atoms with Gasteiger partial charge in [0.2, 0.25) is 5.95 Å². The molecule has 0 aliphatic carbocycles. The van der Waals surface area contributed by atoms with Crippen LogP contribution >= 0.6 is 11.6 Å². The van der Waals surface area contributed by atoms with Crippen LogP contribution in [0.25, 0.3) is 0 Å². The molecule has 0 spiro atoms. The molecule has 0 saturated carbocycles. The summed E-state index contributed by atoms with van der Waals surface area (Å²) in [6, 6.07) is 12.3. The number of amides is 1. The van der Waals surface area contributed by atoms with Crippen LogP contribution in [0.3, 0.4) is 0 Å². The number of anilines is 2. The van der Waals surface area contributed by atoms with E-state index in [4.69, 9.17) is 16.3 Å². The summed E-state index contributed by atoms with van der Waals surface area (Å²) < 4.78 is 5.31. The molecule has 2 aromatic heterocycles. The Morgan fingerprint density at radius 3 is 2.78 bits per heavy atom. The highest BCUT2D eigenvalue weighted by molar-refractivity contribution is 6.31. The number of benzene rings is 1. The average Bonchev–Trinajstić information content (AvgIpc) is 2.66. The highest BCUT2D eigenvalue weighted by atomic mass is 35.5. The number of rotatable bonds is 6. The molecule has 0 atom stereocenters. The molecular formula is C19H18ClN5O2. The summed E-state index contributed by atoms with van der Waals surface area (Å²) in [4.78, 5) is 25.2. The highest BCUT2D eigenvalue weighted by Gasteiger charge is 2.12. The molecule has 0 radical (unpaired) electrons. The number of nitrogens with zero attached hydrogens (tertiary/aromatic N) is 3. The Balaban J connectivity index is 1.78. The SMILES string of the molecule is COc1ccc(Cl)cc1Nc1nc(C)cc(C(=O)NCc2ccccn2)n1. The lowest BCUT2D eigenvalue weighted by molar-refractivity contribution is 0.0945. The Hall–Kier alpha value is -3.19. The van der Waals surface area contributed by atoms with Gasteiger partial charge in [-0.2, -0.15) is 0 Å². The van der Waals surface area contributed by atoms with Gasteiger partial charge in [0.1, 0.15) is 11.4 Å². The first kappa shape index (κ1) is 18.6. The predicted octanol–water partition coefficient (Wildman–Crippen LogP) is 3.52. The Bertz CT molecular complexity index is 950. The fourth-order valence-corrected chi connectivity index (χ4v) is 2.58. The van der Waals surface area contributed by atoms with E-state index in [0.717, 1.165) is 5.69 Å². The van der Waals surface area contributed by atoms with E-state index in [2.05, 4.69) is 25.6 Å². The van der Waals surface area contributed by atoms with Crippen molar-refractivity contribution in [2.24, 2.45) is 0 Å². The van der Waals surface area contributed by atoms with Crippen molar-refractivity contribution >= 4 is 29.1 Å². The average molecular weight is 384 g/mol. The summed E-state index contributed by atoms with van der Waals surface area (Å²) >= 11 is 6.05. The minimum absolute atomic E-state index is 0.252. The number of aryl methyl sites for hydroxylation is 1. The molecule has 0 aliphatic heterocycles. The maximum absolute atomic E-state index is 12.4. The smallest absolute Gasteiger partial charge is 0.270 e. The summed E-state index contributed by atoms with van der Waals surface area (Å²) in [6.07, 6.45) is 1.68. The number of hydrogen-bond acceptors (Lipinski definition) is 6. The van der Waals surface area contributed by atoms with Crippen molar-refractivity contribution in [1.29, 1.82) is 0 Å². The summed E-state index contributed by atoms with van der Waals surface area (Å²) in [5.74, 6) is 0.552. The van der Waals surface area contributed by atoms with Gasteiger partial charge in [-0.25, -0.2) is 9.97 Å². The predicted molar refractivity (Wildman–Crippen MR) is 103 cm³/mol. The van der Waals surface area contributed by atoms with Crippen LogP contribution in [0.4, 0.5) is 11.6 Å². The topological polar surface area (TPSA) is 89.0 Å². The molecule has 1 amide bonds. The lowest BCUT2D eigenvalue weighted by Gasteiger charge is -2.12. The zero-order valence-corrected chi connectivity index (χ0v) is 15.6. The number of carbonyl (C=O) groups is 1. The van der Waals surface area contributed by atoms with Crippen LogP contribution in [0.15, 0.2) is 48.7 Å². The van der Waals surface area contributed by atoms with Gasteiger partial charge in [-0.05, 0) is 43.3 Å². The van der Waals surface area contributed by atoms with E-state index in [-0.39, 0.29) is 17.5 Å². The lowest BCUT2D eigenvalue weighted by Crippen LogP contribution is -2.24. The molecule has 0 saturated heterocycles. The summed E-state index contributed by atoms with van der Waals surface area (Å²) in [6.45, 7) is 2.10. The van der Waals surface area contributed by atoms with E-state index >= 15 is 0 Å². The van der Waals surface area contributed by atoms with Gasteiger partial charge in [0.05, 0.1) is 25.0 Å². The minimum atomic E-state index is -0.313. The zero-order chi connectivity index (χ0) is 19.2. The third-order valence-corrected chi connectivity index (χ3v) is 3.89. The Labute approximate surface area is 161 Å². The molecule has 3 rings (SSSR count). The van der Waals surface area contributed by atoms with Crippen LogP contribution in [0.5, 0.6) is 5.75 Å². The van der Waals surface area contributed by atoms with Crippen LogP contribution < -0.4 is 15.4 Å². The largest absolute Gasteiger partial charge is 0.495 e. The Morgan fingerprint density at radius 1 is 1.19 bits per heavy atom. The molecule has 0 bridgehead atoms. The molecular weight excluding hydrogens is 366 g/mol. The molecule has 1 aromatic carbocycles. The number of halogens is 1. The third-order valence-electron chi connectivity index (χ3n) is 3.65. The molecule has 2 N–H and O–H groups in total. The van der Waals surface area contributed by atoms with Gasteiger partial charge in [-0.15, -0.1) is 0 Å². The minimum Gasteiger partial charge on any atom is -0.495 e.